The van der Waals surface area contributed by atoms with Crippen LogP contribution in [0.4, 0.5) is 0 Å². The Morgan fingerprint density at radius 3 is 2.50 bits per heavy atom. The molecule has 2 N–H and O–H groups in total. The summed E-state index contributed by atoms with van der Waals surface area (Å²) in [6.45, 7) is 4.95. The SMILES string of the molecule is COCc1ccc(CNCCCC(C)CO)cc1. The van der Waals surface area contributed by atoms with E-state index in [1.165, 1.54) is 11.1 Å². The summed E-state index contributed by atoms with van der Waals surface area (Å²) in [5.74, 6) is 0.417. The lowest BCUT2D eigenvalue weighted by molar-refractivity contribution is 0.185. The normalized spacial score (nSPS) is 12.6. The van der Waals surface area contributed by atoms with Gasteiger partial charge in [-0.25, -0.2) is 0 Å². The molecule has 1 rings (SSSR count). The first-order chi connectivity index (χ1) is 8.76. The summed E-state index contributed by atoms with van der Waals surface area (Å²) in [4.78, 5) is 0. The van der Waals surface area contributed by atoms with Crippen LogP contribution in [0.2, 0.25) is 0 Å². The van der Waals surface area contributed by atoms with E-state index < -0.39 is 0 Å². The average molecular weight is 251 g/mol. The van der Waals surface area contributed by atoms with Crippen molar-refractivity contribution in [1.82, 2.24) is 5.32 Å². The van der Waals surface area contributed by atoms with Gasteiger partial charge in [-0.05, 0) is 36.4 Å². The molecule has 0 aliphatic rings. The Morgan fingerprint density at radius 1 is 1.22 bits per heavy atom. The van der Waals surface area contributed by atoms with Crippen molar-refractivity contribution in [3.8, 4) is 0 Å². The van der Waals surface area contributed by atoms with E-state index >= 15 is 0 Å². The lowest BCUT2D eigenvalue weighted by Crippen LogP contribution is -2.16. The number of methoxy groups -OCH3 is 1. The van der Waals surface area contributed by atoms with Gasteiger partial charge in [-0.1, -0.05) is 31.2 Å². The molecular weight excluding hydrogens is 226 g/mol. The van der Waals surface area contributed by atoms with Gasteiger partial charge in [-0.2, -0.15) is 0 Å². The second kappa shape index (κ2) is 9.09. The van der Waals surface area contributed by atoms with E-state index in [9.17, 15) is 0 Å². The van der Waals surface area contributed by atoms with Gasteiger partial charge in [0.2, 0.25) is 0 Å². The molecule has 0 amide bonds. The van der Waals surface area contributed by atoms with Crippen molar-refractivity contribution >= 4 is 0 Å². The van der Waals surface area contributed by atoms with Gasteiger partial charge in [-0.15, -0.1) is 0 Å². The molecule has 0 saturated heterocycles. The van der Waals surface area contributed by atoms with Crippen LogP contribution in [0.5, 0.6) is 0 Å². The monoisotopic (exact) mass is 251 g/mol. The molecule has 0 bridgehead atoms. The third-order valence-corrected chi connectivity index (χ3v) is 3.03. The molecule has 18 heavy (non-hydrogen) atoms. The molecule has 0 aliphatic carbocycles. The van der Waals surface area contributed by atoms with Crippen LogP contribution in [-0.4, -0.2) is 25.4 Å². The van der Waals surface area contributed by atoms with Crippen LogP contribution in [-0.2, 0) is 17.9 Å². The molecule has 1 aromatic carbocycles. The van der Waals surface area contributed by atoms with Gasteiger partial charge in [0, 0.05) is 20.3 Å². The number of nitrogens with one attached hydrogen (secondary N) is 1. The second-order valence-corrected chi connectivity index (χ2v) is 4.86. The number of hydrogen-bond acceptors (Lipinski definition) is 3. The highest BCUT2D eigenvalue weighted by Gasteiger charge is 1.99. The van der Waals surface area contributed by atoms with Crippen LogP contribution in [0.3, 0.4) is 0 Å². The third kappa shape index (κ3) is 6.15. The molecular formula is C15H25NO2. The Hall–Kier alpha value is -0.900. The lowest BCUT2D eigenvalue weighted by atomic mass is 10.1. The average Bonchev–Trinajstić information content (AvgIpc) is 2.40. The minimum atomic E-state index is 0.293. The van der Waals surface area contributed by atoms with Crippen molar-refractivity contribution in [3.05, 3.63) is 35.4 Å². The highest BCUT2D eigenvalue weighted by molar-refractivity contribution is 5.21. The maximum atomic E-state index is 8.91. The summed E-state index contributed by atoms with van der Waals surface area (Å²) >= 11 is 0. The van der Waals surface area contributed by atoms with E-state index in [1.807, 2.05) is 0 Å². The largest absolute Gasteiger partial charge is 0.396 e. The molecule has 0 aromatic heterocycles. The zero-order valence-corrected chi connectivity index (χ0v) is 11.5. The number of ether oxygens (including phenoxy) is 1. The van der Waals surface area contributed by atoms with Crippen LogP contribution in [0.25, 0.3) is 0 Å². The third-order valence-electron chi connectivity index (χ3n) is 3.03. The van der Waals surface area contributed by atoms with E-state index in [2.05, 4.69) is 36.5 Å². The molecule has 1 atom stereocenters. The van der Waals surface area contributed by atoms with Crippen LogP contribution in [0.1, 0.15) is 30.9 Å². The van der Waals surface area contributed by atoms with Gasteiger partial charge in [0.1, 0.15) is 0 Å². The van der Waals surface area contributed by atoms with Crippen LogP contribution < -0.4 is 5.32 Å². The molecule has 102 valence electrons. The van der Waals surface area contributed by atoms with Crippen molar-refractivity contribution in [1.29, 1.82) is 0 Å². The summed E-state index contributed by atoms with van der Waals surface area (Å²) in [5, 5.41) is 12.3. The molecule has 0 saturated carbocycles. The Morgan fingerprint density at radius 2 is 1.89 bits per heavy atom. The van der Waals surface area contributed by atoms with Crippen LogP contribution >= 0.6 is 0 Å². The summed E-state index contributed by atoms with van der Waals surface area (Å²) < 4.78 is 5.08. The maximum absolute atomic E-state index is 8.91. The summed E-state index contributed by atoms with van der Waals surface area (Å²) in [5.41, 5.74) is 2.50. The topological polar surface area (TPSA) is 41.5 Å². The van der Waals surface area contributed by atoms with Gasteiger partial charge in [-0.3, -0.25) is 0 Å². The summed E-state index contributed by atoms with van der Waals surface area (Å²) in [7, 11) is 1.71. The van der Waals surface area contributed by atoms with E-state index in [4.69, 9.17) is 9.84 Å². The van der Waals surface area contributed by atoms with Crippen molar-refractivity contribution in [2.24, 2.45) is 5.92 Å². The Bertz CT molecular complexity index is 311. The Labute approximate surface area is 110 Å². The molecule has 0 heterocycles. The van der Waals surface area contributed by atoms with Crippen molar-refractivity contribution in [3.63, 3.8) is 0 Å². The van der Waals surface area contributed by atoms with Crippen molar-refractivity contribution in [2.45, 2.75) is 32.9 Å². The van der Waals surface area contributed by atoms with E-state index in [-0.39, 0.29) is 0 Å². The van der Waals surface area contributed by atoms with E-state index in [0.29, 0.717) is 19.1 Å². The second-order valence-electron chi connectivity index (χ2n) is 4.86. The standard InChI is InChI=1S/C15H25NO2/c1-13(11-17)4-3-9-16-10-14-5-7-15(8-6-14)12-18-2/h5-8,13,16-17H,3-4,9-12H2,1-2H3. The molecule has 1 unspecified atom stereocenters. The number of hydrogen-bond donors (Lipinski definition) is 2. The Balaban J connectivity index is 2.15. The van der Waals surface area contributed by atoms with Crippen molar-refractivity contribution in [2.75, 3.05) is 20.3 Å². The highest BCUT2D eigenvalue weighted by Crippen LogP contribution is 2.06. The smallest absolute Gasteiger partial charge is 0.0713 e. The molecule has 0 radical (unpaired) electrons. The highest BCUT2D eigenvalue weighted by atomic mass is 16.5. The Kier molecular flexibility index (Phi) is 7.65. The number of benzene rings is 1. The predicted octanol–water partition coefficient (Wildman–Crippen LogP) is 2.33. The molecule has 3 heteroatoms. The fraction of sp³-hybridized carbons (Fsp3) is 0.600. The van der Waals surface area contributed by atoms with Gasteiger partial charge in [0.15, 0.2) is 0 Å². The minimum absolute atomic E-state index is 0.293. The van der Waals surface area contributed by atoms with Gasteiger partial charge < -0.3 is 15.2 Å². The first-order valence-electron chi connectivity index (χ1n) is 6.64. The number of aliphatic hydroxyl groups excluding tert-OH is 1. The predicted molar refractivity (Wildman–Crippen MR) is 74.3 cm³/mol. The maximum Gasteiger partial charge on any atom is 0.0713 e. The fourth-order valence-electron chi connectivity index (χ4n) is 1.82. The minimum Gasteiger partial charge on any atom is -0.396 e. The molecule has 0 spiro atoms. The molecule has 1 aromatic rings. The first-order valence-corrected chi connectivity index (χ1v) is 6.64. The number of aliphatic hydroxyl groups is 1. The van der Waals surface area contributed by atoms with E-state index in [0.717, 1.165) is 25.9 Å². The zero-order chi connectivity index (χ0) is 13.2. The van der Waals surface area contributed by atoms with Crippen LogP contribution in [0.15, 0.2) is 24.3 Å². The van der Waals surface area contributed by atoms with E-state index in [1.54, 1.807) is 7.11 Å². The summed E-state index contributed by atoms with van der Waals surface area (Å²) in [6, 6.07) is 8.48. The lowest BCUT2D eigenvalue weighted by Gasteiger charge is -2.08. The van der Waals surface area contributed by atoms with Crippen molar-refractivity contribution < 1.29 is 9.84 Å². The quantitative estimate of drug-likeness (QED) is 0.662. The molecule has 3 nitrogen and oxygen atoms in total. The van der Waals surface area contributed by atoms with Gasteiger partial charge in [0.25, 0.3) is 0 Å². The van der Waals surface area contributed by atoms with Gasteiger partial charge in [0.05, 0.1) is 6.61 Å². The molecule has 0 fully saturated rings. The van der Waals surface area contributed by atoms with Crippen LogP contribution in [0, 0.1) is 5.92 Å². The fourth-order valence-corrected chi connectivity index (χ4v) is 1.82. The molecule has 0 aliphatic heterocycles. The zero-order valence-electron chi connectivity index (χ0n) is 11.5. The van der Waals surface area contributed by atoms with Gasteiger partial charge >= 0.3 is 0 Å². The summed E-state index contributed by atoms with van der Waals surface area (Å²) in [6.07, 6.45) is 2.19. The first kappa shape index (κ1) is 15.2. The number of rotatable bonds is 9.